The fraction of sp³-hybridized carbons (Fsp3) is 0. The maximum atomic E-state index is 4.70. The summed E-state index contributed by atoms with van der Waals surface area (Å²) < 4.78 is 0. The summed E-state index contributed by atoms with van der Waals surface area (Å²) in [5.41, 5.74) is 3.66. The van der Waals surface area contributed by atoms with Gasteiger partial charge >= 0.3 is 66.1 Å². The number of nitrogens with zero attached hydrogens (tertiary/aromatic N) is 4. The molecule has 0 bridgehead atoms. The minimum atomic E-state index is 0. The largest absolute Gasteiger partial charge is 0.255 e. The van der Waals surface area contributed by atoms with Gasteiger partial charge in [-0.05, 0) is 48.5 Å². The van der Waals surface area contributed by atoms with E-state index in [4.69, 9.17) is 40.8 Å². The van der Waals surface area contributed by atoms with Crippen LogP contribution in [0.1, 0.15) is 0 Å². The molecular formula is C20H20Cl4N4Ni2O2. The van der Waals surface area contributed by atoms with E-state index in [1.165, 1.54) is 0 Å². The smallest absolute Gasteiger partial charge is 0.0886 e. The molecule has 180 valence electrons. The molecule has 4 aromatic rings. The molecular weight excluding hydrogens is 587 g/mol. The summed E-state index contributed by atoms with van der Waals surface area (Å²) in [4.78, 5) is 16.7. The van der Waals surface area contributed by atoms with Gasteiger partial charge < -0.3 is 11.0 Å². The van der Waals surface area contributed by atoms with Gasteiger partial charge in [0.25, 0.3) is 0 Å². The van der Waals surface area contributed by atoms with Crippen molar-refractivity contribution in [3.8, 4) is 22.8 Å². The van der Waals surface area contributed by atoms with Crippen LogP contribution in [0.15, 0.2) is 97.6 Å². The summed E-state index contributed by atoms with van der Waals surface area (Å²) in [5, 5.41) is 0. The maximum absolute atomic E-state index is 4.70. The van der Waals surface area contributed by atoms with Crippen LogP contribution in [0.3, 0.4) is 0 Å². The van der Waals surface area contributed by atoms with Crippen LogP contribution in [0.4, 0.5) is 0 Å². The van der Waals surface area contributed by atoms with Crippen LogP contribution in [0.25, 0.3) is 22.8 Å². The predicted octanol–water partition coefficient (Wildman–Crippen LogP) is 5.39. The maximum Gasteiger partial charge on any atom is 0.0886 e. The molecule has 0 amide bonds. The van der Waals surface area contributed by atoms with Crippen molar-refractivity contribution >= 4 is 40.8 Å². The zero-order valence-corrected chi connectivity index (χ0v) is 21.2. The van der Waals surface area contributed by atoms with Crippen LogP contribution < -0.4 is 0 Å². The molecule has 4 N–H and O–H groups in total. The van der Waals surface area contributed by atoms with Crippen LogP contribution in [0, 0.1) is 0 Å². The molecule has 6 nitrogen and oxygen atoms in total. The Morgan fingerprint density at radius 3 is 0.719 bits per heavy atom. The molecule has 0 saturated carbocycles. The molecule has 0 saturated heterocycles. The van der Waals surface area contributed by atoms with E-state index in [0.717, 1.165) is 22.8 Å². The average Bonchev–Trinajstić information content (AvgIpc) is 2.83. The van der Waals surface area contributed by atoms with Gasteiger partial charge in [-0.1, -0.05) is 24.3 Å². The number of hydrogen-bond acceptors (Lipinski definition) is 4. The van der Waals surface area contributed by atoms with E-state index in [2.05, 4.69) is 19.9 Å². The van der Waals surface area contributed by atoms with E-state index in [1.807, 2.05) is 72.8 Å². The molecule has 4 aromatic heterocycles. The Hall–Kier alpha value is -1.33. The predicted molar refractivity (Wildman–Crippen MR) is 126 cm³/mol. The molecule has 0 aliphatic carbocycles. The summed E-state index contributed by atoms with van der Waals surface area (Å²) in [6, 6.07) is 23.2. The van der Waals surface area contributed by atoms with Crippen LogP contribution >= 0.6 is 40.8 Å². The van der Waals surface area contributed by atoms with Gasteiger partial charge in [0.05, 0.1) is 22.8 Å². The Labute approximate surface area is 216 Å². The van der Waals surface area contributed by atoms with Gasteiger partial charge in [0.1, 0.15) is 0 Å². The molecule has 0 unspecified atom stereocenters. The molecule has 0 atom stereocenters. The Morgan fingerprint density at radius 2 is 0.594 bits per heavy atom. The van der Waals surface area contributed by atoms with Gasteiger partial charge in [-0.2, -0.15) is 0 Å². The number of aromatic nitrogens is 4. The Kier molecular flexibility index (Phi) is 23.4. The summed E-state index contributed by atoms with van der Waals surface area (Å²) in [6.45, 7) is 0. The third kappa shape index (κ3) is 14.7. The number of halogens is 4. The van der Waals surface area contributed by atoms with Gasteiger partial charge in [-0.25, -0.2) is 0 Å². The van der Waals surface area contributed by atoms with E-state index >= 15 is 0 Å². The zero-order chi connectivity index (χ0) is 21.9. The molecule has 0 spiro atoms. The zero-order valence-electron chi connectivity index (χ0n) is 16.2. The quantitative estimate of drug-likeness (QED) is 0.284. The summed E-state index contributed by atoms with van der Waals surface area (Å²) >= 11 is 1.14. The molecule has 0 aliphatic rings. The van der Waals surface area contributed by atoms with E-state index in [-0.39, 0.29) is 11.0 Å². The minimum Gasteiger partial charge on any atom is -0.255 e. The summed E-state index contributed by atoms with van der Waals surface area (Å²) in [7, 11) is 18.8. The van der Waals surface area contributed by atoms with Crippen LogP contribution in [0.2, 0.25) is 0 Å². The van der Waals surface area contributed by atoms with Crippen molar-refractivity contribution in [2.45, 2.75) is 0 Å². The molecule has 0 fully saturated rings. The van der Waals surface area contributed by atoms with Gasteiger partial charge in [0, 0.05) is 24.8 Å². The second-order valence-corrected chi connectivity index (χ2v) is 8.21. The standard InChI is InChI=1S/2C10H8N2.4ClH.2Ni.2H2O/c2*1-3-7-11-9(5-1)10-6-2-4-8-12-10;;;;;;;;/h2*1-8H;4*1H;;;2*1H2/q;;;;;;2*+2;;/p-4. The van der Waals surface area contributed by atoms with Crippen molar-refractivity contribution in [1.82, 2.24) is 19.9 Å². The van der Waals surface area contributed by atoms with Gasteiger partial charge in [0.15, 0.2) is 0 Å². The molecule has 12 heteroatoms. The van der Waals surface area contributed by atoms with E-state index in [9.17, 15) is 0 Å². The molecule has 32 heavy (non-hydrogen) atoms. The summed E-state index contributed by atoms with van der Waals surface area (Å²) in [6.07, 6.45) is 7.07. The first kappa shape index (κ1) is 32.8. The first-order valence-electron chi connectivity index (χ1n) is 8.06. The second kappa shape index (κ2) is 22.8. The van der Waals surface area contributed by atoms with Crippen molar-refractivity contribution in [2.75, 3.05) is 0 Å². The third-order valence-electron chi connectivity index (χ3n) is 3.18. The molecule has 0 radical (unpaired) electrons. The van der Waals surface area contributed by atoms with Crippen LogP contribution in [-0.4, -0.2) is 30.9 Å². The first-order valence-corrected chi connectivity index (χ1v) is 13.5. The monoisotopic (exact) mass is 604 g/mol. The fourth-order valence-corrected chi connectivity index (χ4v) is 2.06. The summed E-state index contributed by atoms with van der Waals surface area (Å²) in [5.74, 6) is 0. The number of pyridine rings is 4. The normalized spacial score (nSPS) is 8.62. The van der Waals surface area contributed by atoms with E-state index < -0.39 is 0 Å². The third-order valence-corrected chi connectivity index (χ3v) is 3.18. The molecule has 4 heterocycles. The topological polar surface area (TPSA) is 115 Å². The van der Waals surface area contributed by atoms with Crippen molar-refractivity contribution in [3.05, 3.63) is 97.6 Å². The molecule has 0 aliphatic heterocycles. The van der Waals surface area contributed by atoms with E-state index in [0.29, 0.717) is 25.3 Å². The van der Waals surface area contributed by atoms with Crippen LogP contribution in [0.5, 0.6) is 0 Å². The fourth-order valence-electron chi connectivity index (χ4n) is 2.06. The van der Waals surface area contributed by atoms with Gasteiger partial charge in [-0.15, -0.1) is 0 Å². The van der Waals surface area contributed by atoms with Crippen molar-refractivity contribution < 1.29 is 36.3 Å². The minimum absolute atomic E-state index is 0. The van der Waals surface area contributed by atoms with Gasteiger partial charge in [-0.3, -0.25) is 19.9 Å². The van der Waals surface area contributed by atoms with Crippen LogP contribution in [-0.2, 0) is 25.3 Å². The SMILES string of the molecule is O.O.[Cl][Ni][Cl].[Cl][Ni][Cl].c1ccc(-c2ccccn2)nc1.c1ccc(-c2ccccn2)nc1. The van der Waals surface area contributed by atoms with Crippen molar-refractivity contribution in [2.24, 2.45) is 0 Å². The average molecular weight is 608 g/mol. The van der Waals surface area contributed by atoms with E-state index in [1.54, 1.807) is 24.8 Å². The second-order valence-electron chi connectivity index (χ2n) is 4.95. The number of rotatable bonds is 2. The van der Waals surface area contributed by atoms with Crippen molar-refractivity contribution in [3.63, 3.8) is 0 Å². The van der Waals surface area contributed by atoms with Gasteiger partial charge in [0.2, 0.25) is 0 Å². The Balaban J connectivity index is 0. The first-order chi connectivity index (χ1) is 14.8. The molecule has 0 aromatic carbocycles. The Morgan fingerprint density at radius 1 is 0.406 bits per heavy atom. The van der Waals surface area contributed by atoms with Crippen molar-refractivity contribution in [1.29, 1.82) is 0 Å². The Bertz CT molecular complexity index is 752. The number of hydrogen-bond donors (Lipinski definition) is 0. The molecule has 4 rings (SSSR count).